The molecule has 0 radical (unpaired) electrons. The van der Waals surface area contributed by atoms with Crippen LogP contribution in [-0.4, -0.2) is 14.9 Å². The first kappa shape index (κ1) is 20.6. The number of imidazole rings is 1. The SMILES string of the molecule is CC(C)(C)CC(C)(C)Nc1c(-c2c3ccccc3cc3ccccc23)nc2ccccn12. The van der Waals surface area contributed by atoms with Gasteiger partial charge in [-0.15, -0.1) is 0 Å². The van der Waals surface area contributed by atoms with Gasteiger partial charge in [-0.05, 0) is 65.4 Å². The molecular weight excluding hydrogens is 390 g/mol. The fourth-order valence-electron chi connectivity index (χ4n) is 5.25. The molecule has 2 aromatic heterocycles. The molecule has 5 aromatic rings. The molecule has 162 valence electrons. The van der Waals surface area contributed by atoms with E-state index in [-0.39, 0.29) is 11.0 Å². The Labute approximate surface area is 190 Å². The first-order valence-corrected chi connectivity index (χ1v) is 11.4. The van der Waals surface area contributed by atoms with Gasteiger partial charge in [0.1, 0.15) is 17.2 Å². The fourth-order valence-corrected chi connectivity index (χ4v) is 5.25. The third kappa shape index (κ3) is 3.73. The molecule has 0 atom stereocenters. The molecule has 0 aliphatic carbocycles. The van der Waals surface area contributed by atoms with Crippen LogP contribution in [0.25, 0.3) is 38.4 Å². The predicted molar refractivity (Wildman–Crippen MR) is 137 cm³/mol. The molecule has 0 unspecified atom stereocenters. The van der Waals surface area contributed by atoms with Crippen LogP contribution in [0.4, 0.5) is 5.82 Å². The van der Waals surface area contributed by atoms with Crippen molar-refractivity contribution in [3.63, 3.8) is 0 Å². The number of pyridine rings is 1. The van der Waals surface area contributed by atoms with E-state index in [1.54, 1.807) is 0 Å². The molecule has 0 saturated carbocycles. The Morgan fingerprint density at radius 3 is 2.00 bits per heavy atom. The molecule has 0 aliphatic heterocycles. The maximum absolute atomic E-state index is 5.16. The first-order valence-electron chi connectivity index (χ1n) is 11.4. The number of fused-ring (bicyclic) bond motifs is 3. The van der Waals surface area contributed by atoms with E-state index in [0.717, 1.165) is 23.6 Å². The van der Waals surface area contributed by atoms with E-state index in [1.165, 1.54) is 27.1 Å². The van der Waals surface area contributed by atoms with Crippen LogP contribution in [0.1, 0.15) is 41.0 Å². The normalized spacial score (nSPS) is 12.7. The maximum Gasteiger partial charge on any atom is 0.139 e. The second-order valence-corrected chi connectivity index (χ2v) is 10.7. The lowest BCUT2D eigenvalue weighted by Crippen LogP contribution is -2.36. The number of nitrogens with one attached hydrogen (secondary N) is 1. The average molecular weight is 422 g/mol. The molecule has 0 aliphatic rings. The minimum Gasteiger partial charge on any atom is -0.364 e. The Hall–Kier alpha value is -3.33. The smallest absolute Gasteiger partial charge is 0.139 e. The zero-order chi connectivity index (χ0) is 22.5. The largest absolute Gasteiger partial charge is 0.364 e. The molecule has 3 heteroatoms. The van der Waals surface area contributed by atoms with E-state index >= 15 is 0 Å². The second-order valence-electron chi connectivity index (χ2n) is 10.7. The Balaban J connectivity index is 1.82. The van der Waals surface area contributed by atoms with Gasteiger partial charge in [0.25, 0.3) is 0 Å². The summed E-state index contributed by atoms with van der Waals surface area (Å²) in [5.41, 5.74) is 3.26. The zero-order valence-corrected chi connectivity index (χ0v) is 19.6. The van der Waals surface area contributed by atoms with E-state index in [0.29, 0.717) is 0 Å². The monoisotopic (exact) mass is 421 g/mol. The van der Waals surface area contributed by atoms with Crippen molar-refractivity contribution in [2.45, 2.75) is 46.6 Å². The van der Waals surface area contributed by atoms with E-state index in [2.05, 4.69) is 123 Å². The van der Waals surface area contributed by atoms with Gasteiger partial charge in [0.15, 0.2) is 0 Å². The number of anilines is 1. The van der Waals surface area contributed by atoms with Crippen molar-refractivity contribution in [3.8, 4) is 11.3 Å². The van der Waals surface area contributed by atoms with Gasteiger partial charge in [0, 0.05) is 17.3 Å². The van der Waals surface area contributed by atoms with Crippen LogP contribution in [0.5, 0.6) is 0 Å². The van der Waals surface area contributed by atoms with Crippen molar-refractivity contribution in [2.24, 2.45) is 5.41 Å². The summed E-state index contributed by atoms with van der Waals surface area (Å²) in [6.07, 6.45) is 3.14. The molecular formula is C29H31N3. The van der Waals surface area contributed by atoms with Crippen molar-refractivity contribution >= 4 is 33.0 Å². The molecule has 3 aromatic carbocycles. The first-order chi connectivity index (χ1) is 15.2. The van der Waals surface area contributed by atoms with Gasteiger partial charge in [0.2, 0.25) is 0 Å². The third-order valence-corrected chi connectivity index (χ3v) is 5.97. The summed E-state index contributed by atoms with van der Waals surface area (Å²) in [5, 5.41) is 8.82. The second kappa shape index (κ2) is 7.37. The minimum absolute atomic E-state index is 0.0980. The highest BCUT2D eigenvalue weighted by Crippen LogP contribution is 2.41. The van der Waals surface area contributed by atoms with Gasteiger partial charge in [-0.25, -0.2) is 4.98 Å². The summed E-state index contributed by atoms with van der Waals surface area (Å²) in [6.45, 7) is 11.5. The van der Waals surface area contributed by atoms with Crippen molar-refractivity contribution in [1.29, 1.82) is 0 Å². The number of hydrogen-bond donors (Lipinski definition) is 1. The lowest BCUT2D eigenvalue weighted by Gasteiger charge is -2.34. The summed E-state index contributed by atoms with van der Waals surface area (Å²) in [5.74, 6) is 1.05. The van der Waals surface area contributed by atoms with Gasteiger partial charge >= 0.3 is 0 Å². The van der Waals surface area contributed by atoms with Crippen LogP contribution in [-0.2, 0) is 0 Å². The quantitative estimate of drug-likeness (QED) is 0.298. The molecule has 0 bridgehead atoms. The Morgan fingerprint density at radius 1 is 0.781 bits per heavy atom. The zero-order valence-electron chi connectivity index (χ0n) is 19.6. The Bertz CT molecular complexity index is 1380. The highest BCUT2D eigenvalue weighted by molar-refractivity contribution is 6.13. The third-order valence-electron chi connectivity index (χ3n) is 5.97. The number of aromatic nitrogens is 2. The lowest BCUT2D eigenvalue weighted by molar-refractivity contribution is 0.302. The number of nitrogens with zero attached hydrogens (tertiary/aromatic N) is 2. The van der Waals surface area contributed by atoms with E-state index in [1.807, 2.05) is 0 Å². The molecule has 32 heavy (non-hydrogen) atoms. The van der Waals surface area contributed by atoms with Gasteiger partial charge in [-0.3, -0.25) is 4.40 Å². The molecule has 3 nitrogen and oxygen atoms in total. The molecule has 0 amide bonds. The van der Waals surface area contributed by atoms with Gasteiger partial charge in [-0.1, -0.05) is 75.4 Å². The molecule has 2 heterocycles. The summed E-state index contributed by atoms with van der Waals surface area (Å²) >= 11 is 0. The summed E-state index contributed by atoms with van der Waals surface area (Å²) < 4.78 is 2.19. The predicted octanol–water partition coefficient (Wildman–Crippen LogP) is 7.93. The number of hydrogen-bond acceptors (Lipinski definition) is 2. The standard InChI is InChI=1S/C29H31N3/c1-28(2,3)19-29(4,5)31-27-26(30-24-16-10-11-17-32(24)27)25-22-14-8-6-12-20(22)18-21-13-7-9-15-23(21)25/h6-18,31H,19H2,1-5H3. The number of benzene rings is 3. The summed E-state index contributed by atoms with van der Waals surface area (Å²) in [7, 11) is 0. The highest BCUT2D eigenvalue weighted by atomic mass is 15.2. The topological polar surface area (TPSA) is 29.3 Å². The van der Waals surface area contributed by atoms with Crippen molar-refractivity contribution in [1.82, 2.24) is 9.38 Å². The van der Waals surface area contributed by atoms with Crippen molar-refractivity contribution in [2.75, 3.05) is 5.32 Å². The van der Waals surface area contributed by atoms with Crippen LogP contribution in [0.2, 0.25) is 0 Å². The molecule has 5 rings (SSSR count). The Kier molecular flexibility index (Phi) is 4.74. The van der Waals surface area contributed by atoms with Crippen molar-refractivity contribution in [3.05, 3.63) is 79.0 Å². The molecule has 0 fully saturated rings. The van der Waals surface area contributed by atoms with E-state index in [4.69, 9.17) is 4.98 Å². The highest BCUT2D eigenvalue weighted by Gasteiger charge is 2.28. The maximum atomic E-state index is 5.16. The van der Waals surface area contributed by atoms with Crippen LogP contribution in [0, 0.1) is 5.41 Å². The summed E-state index contributed by atoms with van der Waals surface area (Å²) in [6, 6.07) is 25.7. The summed E-state index contributed by atoms with van der Waals surface area (Å²) in [4.78, 5) is 5.16. The Morgan fingerprint density at radius 2 is 1.38 bits per heavy atom. The minimum atomic E-state index is -0.0980. The van der Waals surface area contributed by atoms with Gasteiger partial charge in [-0.2, -0.15) is 0 Å². The van der Waals surface area contributed by atoms with E-state index < -0.39 is 0 Å². The van der Waals surface area contributed by atoms with Gasteiger partial charge in [0.05, 0.1) is 0 Å². The van der Waals surface area contributed by atoms with Crippen molar-refractivity contribution < 1.29 is 0 Å². The van der Waals surface area contributed by atoms with Crippen LogP contribution in [0.3, 0.4) is 0 Å². The van der Waals surface area contributed by atoms with Gasteiger partial charge < -0.3 is 5.32 Å². The lowest BCUT2D eigenvalue weighted by atomic mass is 9.81. The number of rotatable bonds is 4. The van der Waals surface area contributed by atoms with Crippen LogP contribution >= 0.6 is 0 Å². The van der Waals surface area contributed by atoms with E-state index in [9.17, 15) is 0 Å². The average Bonchev–Trinajstić information content (AvgIpc) is 3.07. The molecule has 0 saturated heterocycles. The van der Waals surface area contributed by atoms with Crippen LogP contribution in [0.15, 0.2) is 79.0 Å². The molecule has 0 spiro atoms. The fraction of sp³-hybridized carbons (Fsp3) is 0.276. The molecule has 1 N–H and O–H groups in total. The van der Waals surface area contributed by atoms with Crippen LogP contribution < -0.4 is 5.32 Å².